The maximum atomic E-state index is 13.1. The fourth-order valence-electron chi connectivity index (χ4n) is 2.81. The number of nitrogens with zero attached hydrogens (tertiary/aromatic N) is 3. The zero-order valence-corrected chi connectivity index (χ0v) is 17.0. The average Bonchev–Trinajstić information content (AvgIpc) is 3.14. The normalized spacial score (nSPS) is 10.9. The lowest BCUT2D eigenvalue weighted by molar-refractivity contribution is 0.0672. The van der Waals surface area contributed by atoms with Crippen LogP contribution in [0.2, 0.25) is 5.02 Å². The Morgan fingerprint density at radius 3 is 2.64 bits per heavy atom. The monoisotopic (exact) mass is 399 g/mol. The van der Waals surface area contributed by atoms with Gasteiger partial charge in [0.05, 0.1) is 24.2 Å². The molecule has 7 heteroatoms. The molecule has 0 saturated carbocycles. The quantitative estimate of drug-likeness (QED) is 0.597. The molecule has 1 aromatic heterocycles. The average molecular weight is 400 g/mol. The van der Waals surface area contributed by atoms with Crippen LogP contribution in [0.3, 0.4) is 0 Å². The first kappa shape index (κ1) is 19.9. The van der Waals surface area contributed by atoms with Gasteiger partial charge in [-0.1, -0.05) is 29.8 Å². The van der Waals surface area contributed by atoms with Crippen LogP contribution in [0.15, 0.2) is 46.9 Å². The number of halogens is 1. The Bertz CT molecular complexity index is 985. The molecule has 0 bridgehead atoms. The molecule has 146 valence electrons. The number of carbonyl (C=O) groups excluding carboxylic acids is 1. The highest BCUT2D eigenvalue weighted by Gasteiger charge is 2.23. The van der Waals surface area contributed by atoms with Gasteiger partial charge in [-0.15, -0.1) is 10.2 Å². The molecule has 0 aliphatic rings. The number of benzene rings is 2. The number of rotatable bonds is 6. The smallest absolute Gasteiger partial charge is 0.254 e. The number of aromatic nitrogens is 2. The highest BCUT2D eigenvalue weighted by Crippen LogP contribution is 2.27. The van der Waals surface area contributed by atoms with E-state index in [4.69, 9.17) is 20.8 Å². The van der Waals surface area contributed by atoms with Crippen LogP contribution in [0.4, 0.5) is 0 Å². The molecule has 0 radical (unpaired) electrons. The lowest BCUT2D eigenvalue weighted by atomic mass is 10.1. The minimum Gasteiger partial charge on any atom is -0.496 e. The van der Waals surface area contributed by atoms with Crippen LogP contribution >= 0.6 is 11.6 Å². The summed E-state index contributed by atoms with van der Waals surface area (Å²) < 4.78 is 11.1. The molecule has 0 fully saturated rings. The minimum atomic E-state index is -0.134. The second-order valence-electron chi connectivity index (χ2n) is 6.69. The molecule has 1 amide bonds. The Hall–Kier alpha value is -2.86. The zero-order chi connectivity index (χ0) is 20.3. The molecule has 3 rings (SSSR count). The number of methoxy groups -OCH3 is 1. The predicted molar refractivity (Wildman–Crippen MR) is 107 cm³/mol. The molecule has 0 spiro atoms. The SMILES string of the molecule is COc1cc(C(=O)N(Cc2nnc(-c3ccccc3Cl)o2)C(C)C)ccc1C. The molecule has 0 N–H and O–H groups in total. The number of hydrogen-bond acceptors (Lipinski definition) is 5. The number of carbonyl (C=O) groups is 1. The third kappa shape index (κ3) is 4.17. The fourth-order valence-corrected chi connectivity index (χ4v) is 3.03. The second-order valence-corrected chi connectivity index (χ2v) is 7.10. The van der Waals surface area contributed by atoms with Crippen molar-refractivity contribution in [3.05, 3.63) is 64.5 Å². The number of ether oxygens (including phenoxy) is 1. The van der Waals surface area contributed by atoms with Crippen LogP contribution in [0.1, 0.15) is 35.7 Å². The number of hydrogen-bond donors (Lipinski definition) is 0. The molecule has 6 nitrogen and oxygen atoms in total. The largest absolute Gasteiger partial charge is 0.496 e. The summed E-state index contributed by atoms with van der Waals surface area (Å²) in [5, 5.41) is 8.69. The van der Waals surface area contributed by atoms with Crippen LogP contribution in [0.5, 0.6) is 5.75 Å². The van der Waals surface area contributed by atoms with E-state index in [-0.39, 0.29) is 18.5 Å². The second kappa shape index (κ2) is 8.44. The van der Waals surface area contributed by atoms with E-state index in [1.807, 2.05) is 45.0 Å². The van der Waals surface area contributed by atoms with E-state index in [0.29, 0.717) is 33.7 Å². The number of amides is 1. The lowest BCUT2D eigenvalue weighted by Gasteiger charge is -2.25. The first-order valence-electron chi connectivity index (χ1n) is 8.93. The highest BCUT2D eigenvalue weighted by atomic mass is 35.5. The first-order valence-corrected chi connectivity index (χ1v) is 9.31. The maximum Gasteiger partial charge on any atom is 0.254 e. The zero-order valence-electron chi connectivity index (χ0n) is 16.3. The van der Waals surface area contributed by atoms with Gasteiger partial charge in [0.1, 0.15) is 5.75 Å². The van der Waals surface area contributed by atoms with E-state index >= 15 is 0 Å². The van der Waals surface area contributed by atoms with Gasteiger partial charge < -0.3 is 14.1 Å². The van der Waals surface area contributed by atoms with Gasteiger partial charge in [-0.25, -0.2) is 0 Å². The van der Waals surface area contributed by atoms with E-state index in [1.54, 1.807) is 30.2 Å². The summed E-state index contributed by atoms with van der Waals surface area (Å²) in [6.07, 6.45) is 0. The van der Waals surface area contributed by atoms with Crippen LogP contribution in [0, 0.1) is 6.92 Å². The van der Waals surface area contributed by atoms with Gasteiger partial charge in [-0.2, -0.15) is 0 Å². The third-order valence-electron chi connectivity index (χ3n) is 4.42. The summed E-state index contributed by atoms with van der Waals surface area (Å²) in [4.78, 5) is 14.7. The molecule has 0 atom stereocenters. The predicted octanol–water partition coefficient (Wildman–Crippen LogP) is 4.76. The lowest BCUT2D eigenvalue weighted by Crippen LogP contribution is -2.36. The van der Waals surface area contributed by atoms with E-state index in [1.165, 1.54) is 0 Å². The van der Waals surface area contributed by atoms with Gasteiger partial charge >= 0.3 is 0 Å². The highest BCUT2D eigenvalue weighted by molar-refractivity contribution is 6.33. The van der Waals surface area contributed by atoms with Crippen LogP contribution in [0.25, 0.3) is 11.5 Å². The van der Waals surface area contributed by atoms with E-state index in [2.05, 4.69) is 10.2 Å². The van der Waals surface area contributed by atoms with Crippen molar-refractivity contribution in [3.8, 4) is 17.2 Å². The van der Waals surface area contributed by atoms with Crippen molar-refractivity contribution in [3.63, 3.8) is 0 Å². The summed E-state index contributed by atoms with van der Waals surface area (Å²) in [7, 11) is 1.59. The van der Waals surface area contributed by atoms with Gasteiger partial charge in [0, 0.05) is 11.6 Å². The minimum absolute atomic E-state index is 0.0598. The van der Waals surface area contributed by atoms with Crippen molar-refractivity contribution in [2.45, 2.75) is 33.4 Å². The van der Waals surface area contributed by atoms with Gasteiger partial charge in [0.15, 0.2) is 0 Å². The van der Waals surface area contributed by atoms with Gasteiger partial charge in [0.2, 0.25) is 11.8 Å². The standard InChI is InChI=1S/C21H22ClN3O3/c1-13(2)25(21(26)15-10-9-14(3)18(11-15)27-4)12-19-23-24-20(28-19)16-7-5-6-8-17(16)22/h5-11,13H,12H2,1-4H3. The Morgan fingerprint density at radius 2 is 1.96 bits per heavy atom. The Balaban J connectivity index is 1.84. The van der Waals surface area contributed by atoms with E-state index in [9.17, 15) is 4.79 Å². The molecule has 3 aromatic rings. The molecule has 2 aromatic carbocycles. The van der Waals surface area contributed by atoms with Crippen LogP contribution in [-0.2, 0) is 6.54 Å². The topological polar surface area (TPSA) is 68.5 Å². The molecule has 0 unspecified atom stereocenters. The molecule has 0 saturated heterocycles. The molecule has 0 aliphatic heterocycles. The Morgan fingerprint density at radius 1 is 1.21 bits per heavy atom. The van der Waals surface area contributed by atoms with Crippen molar-refractivity contribution in [1.82, 2.24) is 15.1 Å². The molecular weight excluding hydrogens is 378 g/mol. The van der Waals surface area contributed by atoms with Crippen molar-refractivity contribution in [2.24, 2.45) is 0 Å². The maximum absolute atomic E-state index is 13.1. The Kier molecular flexibility index (Phi) is 5.99. The number of aryl methyl sites for hydroxylation is 1. The van der Waals surface area contributed by atoms with E-state index in [0.717, 1.165) is 5.56 Å². The summed E-state index contributed by atoms with van der Waals surface area (Å²) >= 11 is 6.19. The molecule has 1 heterocycles. The van der Waals surface area contributed by atoms with Crippen molar-refractivity contribution < 1.29 is 13.9 Å². The van der Waals surface area contributed by atoms with Crippen molar-refractivity contribution in [2.75, 3.05) is 7.11 Å². The van der Waals surface area contributed by atoms with Crippen molar-refractivity contribution in [1.29, 1.82) is 0 Å². The van der Waals surface area contributed by atoms with Crippen LogP contribution in [-0.4, -0.2) is 34.2 Å². The molecular formula is C21H22ClN3O3. The fraction of sp³-hybridized carbons (Fsp3) is 0.286. The van der Waals surface area contributed by atoms with Gasteiger partial charge in [-0.3, -0.25) is 4.79 Å². The summed E-state index contributed by atoms with van der Waals surface area (Å²) in [6.45, 7) is 6.01. The molecule has 0 aliphatic carbocycles. The van der Waals surface area contributed by atoms with Crippen molar-refractivity contribution >= 4 is 17.5 Å². The Labute approximate surface area is 169 Å². The van der Waals surface area contributed by atoms with Gasteiger partial charge in [-0.05, 0) is 50.6 Å². The third-order valence-corrected chi connectivity index (χ3v) is 4.75. The first-order chi connectivity index (χ1) is 13.4. The van der Waals surface area contributed by atoms with Crippen LogP contribution < -0.4 is 4.74 Å². The van der Waals surface area contributed by atoms with E-state index < -0.39 is 0 Å². The summed E-state index contributed by atoms with van der Waals surface area (Å²) in [6, 6.07) is 12.6. The summed E-state index contributed by atoms with van der Waals surface area (Å²) in [5.41, 5.74) is 2.17. The summed E-state index contributed by atoms with van der Waals surface area (Å²) in [5.74, 6) is 1.21. The molecule has 28 heavy (non-hydrogen) atoms. The van der Waals surface area contributed by atoms with Gasteiger partial charge in [0.25, 0.3) is 5.91 Å².